The largest absolute Gasteiger partial charge is 0.431 e. The summed E-state index contributed by atoms with van der Waals surface area (Å²) >= 11 is 1.47. The van der Waals surface area contributed by atoms with Crippen LogP contribution in [0.3, 0.4) is 0 Å². The molecule has 5 heteroatoms. The van der Waals surface area contributed by atoms with Crippen molar-refractivity contribution in [1.82, 2.24) is 4.98 Å². The molecular formula is C21H13NO3S. The molecule has 3 aromatic carbocycles. The Hall–Kier alpha value is -3.05. The Kier molecular flexibility index (Phi) is 3.53. The molecule has 0 N–H and O–H groups in total. The number of hydrogen-bond donors (Lipinski definition) is 0. The van der Waals surface area contributed by atoms with Crippen LogP contribution in [0.1, 0.15) is 5.56 Å². The summed E-state index contributed by atoms with van der Waals surface area (Å²) in [7, 11) is 0. The third kappa shape index (κ3) is 2.57. The van der Waals surface area contributed by atoms with Crippen LogP contribution in [0.15, 0.2) is 85.6 Å². The predicted molar refractivity (Wildman–Crippen MR) is 104 cm³/mol. The van der Waals surface area contributed by atoms with Crippen LogP contribution in [0.2, 0.25) is 0 Å². The average Bonchev–Trinajstić information content (AvgIpc) is 3.08. The molecule has 2 heterocycles. The molecule has 0 atom stereocenters. The third-order valence-corrected chi connectivity index (χ3v) is 5.22. The van der Waals surface area contributed by atoms with Crippen LogP contribution in [0.4, 0.5) is 0 Å². The van der Waals surface area contributed by atoms with Gasteiger partial charge in [-0.25, -0.2) is 9.78 Å². The van der Waals surface area contributed by atoms with Gasteiger partial charge in [-0.2, -0.15) is 0 Å². The van der Waals surface area contributed by atoms with Crippen molar-refractivity contribution >= 4 is 44.6 Å². The fourth-order valence-electron chi connectivity index (χ4n) is 3.19. The van der Waals surface area contributed by atoms with E-state index in [2.05, 4.69) is 11.1 Å². The Morgan fingerprint density at radius 3 is 2.65 bits per heavy atom. The van der Waals surface area contributed by atoms with E-state index in [-0.39, 0.29) is 5.63 Å². The zero-order valence-electron chi connectivity index (χ0n) is 13.6. The molecule has 0 aliphatic carbocycles. The first-order chi connectivity index (χ1) is 12.8. The van der Waals surface area contributed by atoms with Crippen LogP contribution in [0.5, 0.6) is 0 Å². The quantitative estimate of drug-likeness (QED) is 0.246. The van der Waals surface area contributed by atoms with Crippen LogP contribution >= 0.6 is 11.8 Å². The number of nitrogens with zero attached hydrogens (tertiary/aromatic N) is 1. The molecule has 0 aliphatic heterocycles. The minimum atomic E-state index is -0.346. The van der Waals surface area contributed by atoms with E-state index in [1.807, 2.05) is 54.6 Å². The van der Waals surface area contributed by atoms with Gasteiger partial charge in [0.05, 0.1) is 0 Å². The van der Waals surface area contributed by atoms with Gasteiger partial charge in [0.2, 0.25) is 0 Å². The summed E-state index contributed by atoms with van der Waals surface area (Å²) in [6, 6.07) is 21.1. The molecular weight excluding hydrogens is 346 g/mol. The van der Waals surface area contributed by atoms with E-state index >= 15 is 0 Å². The molecule has 5 aromatic rings. The van der Waals surface area contributed by atoms with Gasteiger partial charge in [-0.1, -0.05) is 54.2 Å². The van der Waals surface area contributed by atoms with Gasteiger partial charge in [0.25, 0.3) is 5.22 Å². The minimum absolute atomic E-state index is 0.346. The van der Waals surface area contributed by atoms with E-state index in [1.165, 1.54) is 11.8 Å². The molecule has 0 fully saturated rings. The van der Waals surface area contributed by atoms with Crippen molar-refractivity contribution in [2.24, 2.45) is 0 Å². The molecule has 0 bridgehead atoms. The average molecular weight is 359 g/mol. The zero-order valence-corrected chi connectivity index (χ0v) is 14.5. The van der Waals surface area contributed by atoms with Gasteiger partial charge in [-0.3, -0.25) is 0 Å². The Labute approximate surface area is 152 Å². The first kappa shape index (κ1) is 15.2. The molecule has 4 nitrogen and oxygen atoms in total. The monoisotopic (exact) mass is 359 g/mol. The summed E-state index contributed by atoms with van der Waals surface area (Å²) in [5.74, 6) is 0.572. The topological polar surface area (TPSA) is 56.2 Å². The van der Waals surface area contributed by atoms with Crippen molar-refractivity contribution in [3.63, 3.8) is 0 Å². The van der Waals surface area contributed by atoms with Crippen LogP contribution in [-0.2, 0) is 5.75 Å². The summed E-state index contributed by atoms with van der Waals surface area (Å²) in [6.07, 6.45) is 0. The number of rotatable bonds is 3. The van der Waals surface area contributed by atoms with E-state index in [0.717, 1.165) is 32.8 Å². The molecule has 0 aliphatic rings. The highest BCUT2D eigenvalue weighted by molar-refractivity contribution is 7.98. The van der Waals surface area contributed by atoms with Gasteiger partial charge in [0, 0.05) is 17.2 Å². The smallest absolute Gasteiger partial charge is 0.336 e. The van der Waals surface area contributed by atoms with E-state index in [0.29, 0.717) is 16.6 Å². The van der Waals surface area contributed by atoms with Gasteiger partial charge in [-0.15, -0.1) is 0 Å². The first-order valence-corrected chi connectivity index (χ1v) is 9.19. The van der Waals surface area contributed by atoms with Gasteiger partial charge in [0.1, 0.15) is 11.1 Å². The molecule has 126 valence electrons. The lowest BCUT2D eigenvalue weighted by Crippen LogP contribution is -2.00. The van der Waals surface area contributed by atoms with Gasteiger partial charge < -0.3 is 8.83 Å². The number of benzene rings is 3. The summed E-state index contributed by atoms with van der Waals surface area (Å²) in [5.41, 5.74) is 2.77. The molecule has 0 unspecified atom stereocenters. The molecule has 0 amide bonds. The van der Waals surface area contributed by atoms with Crippen molar-refractivity contribution in [3.8, 4) is 0 Å². The third-order valence-electron chi connectivity index (χ3n) is 4.34. The van der Waals surface area contributed by atoms with Crippen molar-refractivity contribution in [2.45, 2.75) is 11.0 Å². The van der Waals surface area contributed by atoms with Crippen molar-refractivity contribution in [3.05, 3.63) is 82.7 Å². The van der Waals surface area contributed by atoms with Crippen molar-refractivity contribution in [2.75, 3.05) is 0 Å². The second-order valence-corrected chi connectivity index (χ2v) is 6.91. The number of hydrogen-bond acceptors (Lipinski definition) is 5. The SMILES string of the molecule is O=c1cc(CSc2nc3ccccc3o2)c2c(ccc3ccccc32)o1. The van der Waals surface area contributed by atoms with E-state index in [9.17, 15) is 4.79 Å². The number of oxazole rings is 1. The maximum Gasteiger partial charge on any atom is 0.336 e. The van der Waals surface area contributed by atoms with E-state index in [4.69, 9.17) is 8.83 Å². The zero-order chi connectivity index (χ0) is 17.5. The lowest BCUT2D eigenvalue weighted by atomic mass is 10.0. The molecule has 5 rings (SSSR count). The highest BCUT2D eigenvalue weighted by Crippen LogP contribution is 2.32. The molecule has 0 spiro atoms. The molecule has 0 saturated heterocycles. The summed E-state index contributed by atoms with van der Waals surface area (Å²) in [5, 5.41) is 3.74. The van der Waals surface area contributed by atoms with Crippen LogP contribution in [-0.4, -0.2) is 4.98 Å². The van der Waals surface area contributed by atoms with Crippen molar-refractivity contribution in [1.29, 1.82) is 0 Å². The van der Waals surface area contributed by atoms with Crippen molar-refractivity contribution < 1.29 is 8.83 Å². The lowest BCUT2D eigenvalue weighted by Gasteiger charge is -2.07. The minimum Gasteiger partial charge on any atom is -0.431 e. The maximum absolute atomic E-state index is 12.0. The number of aromatic nitrogens is 1. The molecule has 26 heavy (non-hydrogen) atoms. The number of fused-ring (bicyclic) bond motifs is 4. The molecule has 0 radical (unpaired) electrons. The van der Waals surface area contributed by atoms with E-state index in [1.54, 1.807) is 6.07 Å². The Morgan fingerprint density at radius 1 is 0.885 bits per heavy atom. The predicted octanol–water partition coefficient (Wildman–Crippen LogP) is 5.38. The fraction of sp³-hybridized carbons (Fsp3) is 0.0476. The molecule has 2 aromatic heterocycles. The Balaban J connectivity index is 1.61. The highest BCUT2D eigenvalue weighted by Gasteiger charge is 2.12. The maximum atomic E-state index is 12.0. The van der Waals surface area contributed by atoms with Crippen LogP contribution in [0, 0.1) is 0 Å². The molecule has 0 saturated carbocycles. The lowest BCUT2D eigenvalue weighted by molar-refractivity contribution is 0.489. The summed E-state index contributed by atoms with van der Waals surface area (Å²) < 4.78 is 11.2. The first-order valence-electron chi connectivity index (χ1n) is 8.21. The van der Waals surface area contributed by atoms with Gasteiger partial charge in [-0.05, 0) is 34.5 Å². The Bertz CT molecular complexity index is 1290. The van der Waals surface area contributed by atoms with E-state index < -0.39 is 0 Å². The van der Waals surface area contributed by atoms with Gasteiger partial charge in [0.15, 0.2) is 5.58 Å². The van der Waals surface area contributed by atoms with Gasteiger partial charge >= 0.3 is 5.63 Å². The van der Waals surface area contributed by atoms with Crippen LogP contribution in [0.25, 0.3) is 32.8 Å². The second-order valence-electron chi connectivity index (χ2n) is 5.99. The van der Waals surface area contributed by atoms with Crippen LogP contribution < -0.4 is 5.63 Å². The highest BCUT2D eigenvalue weighted by atomic mass is 32.2. The number of thioether (sulfide) groups is 1. The second kappa shape index (κ2) is 6.04. The summed E-state index contributed by atoms with van der Waals surface area (Å²) in [4.78, 5) is 16.5. The number of para-hydroxylation sites is 2. The summed E-state index contributed by atoms with van der Waals surface area (Å²) in [6.45, 7) is 0. The Morgan fingerprint density at radius 2 is 1.73 bits per heavy atom. The fourth-order valence-corrected chi connectivity index (χ4v) is 4.00. The standard InChI is InChI=1S/C21H13NO3S/c23-19-11-14(12-26-21-22-16-7-3-4-8-17(16)25-21)20-15-6-2-1-5-13(15)9-10-18(20)24-19/h1-11H,12H2. The normalized spacial score (nSPS) is 11.5.